The largest absolute Gasteiger partial charge is 0.316 e. The van der Waals surface area contributed by atoms with E-state index in [1.165, 1.54) is 11.1 Å². The number of fused-ring (bicyclic) bond motifs is 1. The van der Waals surface area contributed by atoms with E-state index < -0.39 is 0 Å². The molecule has 0 saturated carbocycles. The summed E-state index contributed by atoms with van der Waals surface area (Å²) in [6, 6.07) is 6.56. The number of nitrogens with one attached hydrogen (secondary N) is 1. The average molecular weight is 274 g/mol. The summed E-state index contributed by atoms with van der Waals surface area (Å²) in [5.74, 6) is 0.847. The zero-order valence-corrected chi connectivity index (χ0v) is 12.9. The number of benzene rings is 1. The van der Waals surface area contributed by atoms with Crippen molar-refractivity contribution in [2.45, 2.75) is 40.0 Å². The minimum absolute atomic E-state index is 0.150. The maximum absolute atomic E-state index is 11.6. The Bertz CT molecular complexity index is 468. The lowest BCUT2D eigenvalue weighted by molar-refractivity contribution is -0.116. The number of anilines is 1. The standard InChI is InChI=1S/C17H26N2O/c1-13(2)12-18-9-8-15-6-7-17-16(11-15)5-4-10-19(17)14(3)20/h6-7,11,13,18H,4-5,8-10,12H2,1-3H3. The van der Waals surface area contributed by atoms with Gasteiger partial charge in [-0.3, -0.25) is 4.79 Å². The highest BCUT2D eigenvalue weighted by molar-refractivity contribution is 5.92. The Morgan fingerprint density at radius 2 is 2.20 bits per heavy atom. The average Bonchev–Trinajstić information content (AvgIpc) is 2.42. The smallest absolute Gasteiger partial charge is 0.223 e. The number of hydrogen-bond acceptors (Lipinski definition) is 2. The summed E-state index contributed by atoms with van der Waals surface area (Å²) in [6.45, 7) is 9.05. The molecule has 0 bridgehead atoms. The van der Waals surface area contributed by atoms with E-state index in [4.69, 9.17) is 0 Å². The number of nitrogens with zero attached hydrogens (tertiary/aromatic N) is 1. The molecule has 110 valence electrons. The van der Waals surface area contributed by atoms with E-state index in [1.807, 2.05) is 4.90 Å². The lowest BCUT2D eigenvalue weighted by atomic mass is 9.98. The molecular formula is C17H26N2O. The van der Waals surface area contributed by atoms with Gasteiger partial charge in [0.25, 0.3) is 0 Å². The van der Waals surface area contributed by atoms with Gasteiger partial charge in [-0.05, 0) is 55.5 Å². The monoisotopic (exact) mass is 274 g/mol. The molecule has 0 atom stereocenters. The number of rotatable bonds is 5. The second kappa shape index (κ2) is 6.89. The van der Waals surface area contributed by atoms with Crippen LogP contribution in [0.15, 0.2) is 18.2 Å². The molecule has 3 nitrogen and oxygen atoms in total. The first-order valence-corrected chi connectivity index (χ1v) is 7.68. The van der Waals surface area contributed by atoms with Gasteiger partial charge in [0.15, 0.2) is 0 Å². The fourth-order valence-corrected chi connectivity index (χ4v) is 2.76. The van der Waals surface area contributed by atoms with Crippen molar-refractivity contribution in [3.8, 4) is 0 Å². The molecule has 0 radical (unpaired) electrons. The van der Waals surface area contributed by atoms with Gasteiger partial charge in [0.2, 0.25) is 5.91 Å². The molecule has 0 saturated heterocycles. The molecule has 1 aromatic rings. The van der Waals surface area contributed by atoms with Gasteiger partial charge in [-0.25, -0.2) is 0 Å². The van der Waals surface area contributed by atoms with Crippen molar-refractivity contribution in [2.24, 2.45) is 5.92 Å². The molecule has 1 heterocycles. The van der Waals surface area contributed by atoms with Crippen molar-refractivity contribution in [3.63, 3.8) is 0 Å². The van der Waals surface area contributed by atoms with E-state index in [0.29, 0.717) is 5.92 Å². The SMILES string of the molecule is CC(=O)N1CCCc2cc(CCNCC(C)C)ccc21. The van der Waals surface area contributed by atoms with Gasteiger partial charge < -0.3 is 10.2 Å². The summed E-state index contributed by atoms with van der Waals surface area (Å²) in [5, 5.41) is 3.48. The molecule has 1 aromatic carbocycles. The first-order chi connectivity index (χ1) is 9.58. The third-order valence-electron chi connectivity index (χ3n) is 3.79. The van der Waals surface area contributed by atoms with Crippen LogP contribution in [0.1, 0.15) is 38.3 Å². The second-order valence-corrected chi connectivity index (χ2v) is 6.09. The maximum Gasteiger partial charge on any atom is 0.223 e. The first-order valence-electron chi connectivity index (χ1n) is 7.68. The minimum atomic E-state index is 0.150. The van der Waals surface area contributed by atoms with E-state index in [1.54, 1.807) is 6.92 Å². The zero-order valence-electron chi connectivity index (χ0n) is 12.9. The number of carbonyl (C=O) groups is 1. The van der Waals surface area contributed by atoms with Crippen LogP contribution in [0.3, 0.4) is 0 Å². The van der Waals surface area contributed by atoms with Crippen molar-refractivity contribution >= 4 is 11.6 Å². The van der Waals surface area contributed by atoms with Crippen LogP contribution >= 0.6 is 0 Å². The van der Waals surface area contributed by atoms with Crippen LogP contribution in [0.2, 0.25) is 0 Å². The Hall–Kier alpha value is -1.35. The Balaban J connectivity index is 1.99. The van der Waals surface area contributed by atoms with Gasteiger partial charge in [-0.1, -0.05) is 26.0 Å². The molecule has 20 heavy (non-hydrogen) atoms. The lowest BCUT2D eigenvalue weighted by Gasteiger charge is -2.29. The van der Waals surface area contributed by atoms with Crippen molar-refractivity contribution in [1.29, 1.82) is 0 Å². The summed E-state index contributed by atoms with van der Waals surface area (Å²) in [7, 11) is 0. The molecule has 1 aliphatic heterocycles. The molecule has 1 aliphatic rings. The summed E-state index contributed by atoms with van der Waals surface area (Å²) in [6.07, 6.45) is 3.22. The number of hydrogen-bond donors (Lipinski definition) is 1. The van der Waals surface area contributed by atoms with E-state index in [2.05, 4.69) is 37.4 Å². The Morgan fingerprint density at radius 1 is 1.40 bits per heavy atom. The van der Waals surface area contributed by atoms with Crippen LogP contribution in [0.25, 0.3) is 0 Å². The van der Waals surface area contributed by atoms with Crippen LogP contribution in [-0.2, 0) is 17.6 Å². The van der Waals surface area contributed by atoms with E-state index in [9.17, 15) is 4.79 Å². The predicted molar refractivity (Wildman–Crippen MR) is 84.2 cm³/mol. The molecule has 0 aliphatic carbocycles. The van der Waals surface area contributed by atoms with E-state index in [-0.39, 0.29) is 5.91 Å². The van der Waals surface area contributed by atoms with Gasteiger partial charge in [-0.2, -0.15) is 0 Å². The van der Waals surface area contributed by atoms with Crippen LogP contribution in [0.4, 0.5) is 5.69 Å². The second-order valence-electron chi connectivity index (χ2n) is 6.09. The highest BCUT2D eigenvalue weighted by Gasteiger charge is 2.19. The van der Waals surface area contributed by atoms with Gasteiger partial charge in [-0.15, -0.1) is 0 Å². The summed E-state index contributed by atoms with van der Waals surface area (Å²) in [5.41, 5.74) is 3.81. The zero-order chi connectivity index (χ0) is 14.5. The van der Waals surface area contributed by atoms with Crippen LogP contribution in [0.5, 0.6) is 0 Å². The summed E-state index contributed by atoms with van der Waals surface area (Å²) >= 11 is 0. The molecule has 0 spiro atoms. The molecule has 0 unspecified atom stereocenters. The van der Waals surface area contributed by atoms with E-state index >= 15 is 0 Å². The molecule has 1 N–H and O–H groups in total. The van der Waals surface area contributed by atoms with Gasteiger partial charge in [0.05, 0.1) is 0 Å². The Kier molecular flexibility index (Phi) is 5.18. The molecule has 1 amide bonds. The number of amides is 1. The third-order valence-corrected chi connectivity index (χ3v) is 3.79. The highest BCUT2D eigenvalue weighted by Crippen LogP contribution is 2.28. The summed E-state index contributed by atoms with van der Waals surface area (Å²) < 4.78 is 0. The number of carbonyl (C=O) groups excluding carboxylic acids is 1. The lowest BCUT2D eigenvalue weighted by Crippen LogP contribution is -2.33. The minimum Gasteiger partial charge on any atom is -0.316 e. The molecule has 0 aromatic heterocycles. The molecular weight excluding hydrogens is 248 g/mol. The van der Waals surface area contributed by atoms with Crippen LogP contribution < -0.4 is 10.2 Å². The van der Waals surface area contributed by atoms with Gasteiger partial charge in [0, 0.05) is 19.2 Å². The van der Waals surface area contributed by atoms with Crippen molar-refractivity contribution in [2.75, 3.05) is 24.5 Å². The molecule has 3 heteroatoms. The van der Waals surface area contributed by atoms with Gasteiger partial charge in [0.1, 0.15) is 0 Å². The van der Waals surface area contributed by atoms with Gasteiger partial charge >= 0.3 is 0 Å². The predicted octanol–water partition coefficient (Wildman–Crippen LogP) is 2.77. The Labute approximate surface area is 122 Å². The number of aryl methyl sites for hydroxylation is 1. The molecule has 2 rings (SSSR count). The quantitative estimate of drug-likeness (QED) is 0.837. The van der Waals surface area contributed by atoms with Crippen molar-refractivity contribution in [1.82, 2.24) is 5.32 Å². The normalized spacial score (nSPS) is 14.5. The fraction of sp³-hybridized carbons (Fsp3) is 0.588. The Morgan fingerprint density at radius 3 is 2.90 bits per heavy atom. The third kappa shape index (κ3) is 3.83. The fourth-order valence-electron chi connectivity index (χ4n) is 2.76. The van der Waals surface area contributed by atoms with Crippen molar-refractivity contribution < 1.29 is 4.79 Å². The topological polar surface area (TPSA) is 32.3 Å². The van der Waals surface area contributed by atoms with Crippen LogP contribution in [-0.4, -0.2) is 25.5 Å². The van der Waals surface area contributed by atoms with Crippen LogP contribution in [0, 0.1) is 5.92 Å². The van der Waals surface area contributed by atoms with Crippen molar-refractivity contribution in [3.05, 3.63) is 29.3 Å². The molecule has 0 fully saturated rings. The first kappa shape index (κ1) is 15.0. The summed E-state index contributed by atoms with van der Waals surface area (Å²) in [4.78, 5) is 13.5. The van der Waals surface area contributed by atoms with E-state index in [0.717, 1.165) is 44.6 Å². The maximum atomic E-state index is 11.6. The highest BCUT2D eigenvalue weighted by atomic mass is 16.2.